The quantitative estimate of drug-likeness (QED) is 0.473. The van der Waals surface area contributed by atoms with Crippen LogP contribution in [0.3, 0.4) is 0 Å². The number of aryl methyl sites for hydroxylation is 1. The minimum absolute atomic E-state index is 0.0622. The Morgan fingerprint density at radius 1 is 1.28 bits per heavy atom. The van der Waals surface area contributed by atoms with E-state index in [1.807, 2.05) is 6.07 Å². The summed E-state index contributed by atoms with van der Waals surface area (Å²) in [5.41, 5.74) is 1.11. The number of rotatable bonds is 3. The molecule has 0 aliphatic heterocycles. The summed E-state index contributed by atoms with van der Waals surface area (Å²) in [6.07, 6.45) is 3.15. The van der Waals surface area contributed by atoms with Gasteiger partial charge in [-0.15, -0.1) is 0 Å². The Labute approximate surface area is 172 Å². The highest BCUT2D eigenvalue weighted by molar-refractivity contribution is 9.10. The molecule has 144 valence electrons. The van der Waals surface area contributed by atoms with Crippen molar-refractivity contribution >= 4 is 26.8 Å². The molecule has 4 rings (SSSR count). The summed E-state index contributed by atoms with van der Waals surface area (Å²) in [7, 11) is 3.13. The SMILES string of the molecule is COc1ccc(-n2c(-c3cncn3C)nc3c(Br)cc(C#N)cc3c2=O)cc1F. The molecule has 2 heterocycles. The molecule has 4 aromatic rings. The van der Waals surface area contributed by atoms with Gasteiger partial charge in [0, 0.05) is 17.6 Å². The predicted molar refractivity (Wildman–Crippen MR) is 108 cm³/mol. The van der Waals surface area contributed by atoms with E-state index in [0.717, 1.165) is 0 Å². The van der Waals surface area contributed by atoms with Crippen LogP contribution in [0.1, 0.15) is 5.56 Å². The largest absolute Gasteiger partial charge is 0.494 e. The average molecular weight is 454 g/mol. The van der Waals surface area contributed by atoms with Crippen LogP contribution in [0.4, 0.5) is 4.39 Å². The van der Waals surface area contributed by atoms with Crippen LogP contribution < -0.4 is 10.3 Å². The number of nitriles is 1. The zero-order chi connectivity index (χ0) is 20.7. The standard InChI is InChI=1S/C20H13BrFN5O2/c1-26-10-24-9-16(26)19-25-18-13(5-11(8-23)6-14(18)21)20(28)27(19)12-3-4-17(29-2)15(22)7-12/h3-7,9-10H,1-2H3. The molecule has 0 saturated carbocycles. The Morgan fingerprint density at radius 3 is 2.69 bits per heavy atom. The van der Waals surface area contributed by atoms with Gasteiger partial charge in [0.05, 0.1) is 47.9 Å². The number of halogens is 2. The van der Waals surface area contributed by atoms with Gasteiger partial charge >= 0.3 is 0 Å². The first kappa shape index (κ1) is 18.8. The second-order valence-electron chi connectivity index (χ2n) is 6.25. The molecule has 7 nitrogen and oxygen atoms in total. The van der Waals surface area contributed by atoms with Gasteiger partial charge in [-0.3, -0.25) is 9.36 Å². The van der Waals surface area contributed by atoms with E-state index < -0.39 is 11.4 Å². The Hall–Kier alpha value is -3.51. The van der Waals surface area contributed by atoms with Crippen LogP contribution in [0.25, 0.3) is 28.1 Å². The molecule has 0 atom stereocenters. The van der Waals surface area contributed by atoms with Crippen molar-refractivity contribution in [3.63, 3.8) is 0 Å². The first-order valence-corrected chi connectivity index (χ1v) is 9.21. The molecule has 2 aromatic heterocycles. The summed E-state index contributed by atoms with van der Waals surface area (Å²) < 4.78 is 22.9. The molecule has 0 fully saturated rings. The number of nitrogens with zero attached hydrogens (tertiary/aromatic N) is 5. The molecule has 29 heavy (non-hydrogen) atoms. The molecular weight excluding hydrogens is 441 g/mol. The van der Waals surface area contributed by atoms with Crippen LogP contribution in [0.2, 0.25) is 0 Å². The fourth-order valence-electron chi connectivity index (χ4n) is 3.09. The first-order chi connectivity index (χ1) is 13.9. The van der Waals surface area contributed by atoms with Crippen LogP contribution in [0.15, 0.2) is 52.1 Å². The lowest BCUT2D eigenvalue weighted by Gasteiger charge is -2.15. The zero-order valence-corrected chi connectivity index (χ0v) is 16.9. The number of imidazole rings is 1. The molecule has 0 aliphatic rings. The van der Waals surface area contributed by atoms with Gasteiger partial charge in [0.1, 0.15) is 5.69 Å². The molecule has 0 saturated heterocycles. The van der Waals surface area contributed by atoms with E-state index in [1.165, 1.54) is 29.9 Å². The van der Waals surface area contributed by atoms with Crippen molar-refractivity contribution < 1.29 is 9.13 Å². The van der Waals surface area contributed by atoms with Crippen molar-refractivity contribution in [3.8, 4) is 29.0 Å². The summed E-state index contributed by atoms with van der Waals surface area (Å²) in [5, 5.41) is 9.49. The minimum Gasteiger partial charge on any atom is -0.494 e. The highest BCUT2D eigenvalue weighted by Crippen LogP contribution is 2.28. The topological polar surface area (TPSA) is 85.7 Å². The van der Waals surface area contributed by atoms with E-state index >= 15 is 0 Å². The van der Waals surface area contributed by atoms with Crippen LogP contribution in [0, 0.1) is 17.1 Å². The summed E-state index contributed by atoms with van der Waals surface area (Å²) in [4.78, 5) is 22.2. The molecule has 0 N–H and O–H groups in total. The molecule has 0 amide bonds. The second kappa shape index (κ2) is 7.14. The average Bonchev–Trinajstić information content (AvgIpc) is 3.13. The van der Waals surface area contributed by atoms with Gasteiger partial charge in [-0.05, 0) is 40.2 Å². The maximum atomic E-state index is 14.4. The van der Waals surface area contributed by atoms with E-state index in [9.17, 15) is 14.4 Å². The van der Waals surface area contributed by atoms with Crippen molar-refractivity contribution in [1.82, 2.24) is 19.1 Å². The molecule has 0 unspecified atom stereocenters. The Kier molecular flexibility index (Phi) is 4.64. The summed E-state index contributed by atoms with van der Waals surface area (Å²) >= 11 is 3.39. The number of fused-ring (bicyclic) bond motifs is 1. The Balaban J connectivity index is 2.15. The maximum absolute atomic E-state index is 14.4. The third-order valence-corrected chi connectivity index (χ3v) is 5.10. The van der Waals surface area contributed by atoms with E-state index in [1.54, 1.807) is 36.3 Å². The molecular formula is C20H13BrFN5O2. The van der Waals surface area contributed by atoms with E-state index in [-0.39, 0.29) is 22.6 Å². The molecule has 2 aromatic carbocycles. The maximum Gasteiger partial charge on any atom is 0.266 e. The fraction of sp³-hybridized carbons (Fsp3) is 0.100. The molecule has 0 radical (unpaired) electrons. The third-order valence-electron chi connectivity index (χ3n) is 4.49. The lowest BCUT2D eigenvalue weighted by Crippen LogP contribution is -2.23. The van der Waals surface area contributed by atoms with Crippen molar-refractivity contribution in [3.05, 3.63) is 69.1 Å². The monoisotopic (exact) mass is 453 g/mol. The number of ether oxygens (including phenoxy) is 1. The van der Waals surface area contributed by atoms with Gasteiger partial charge in [-0.2, -0.15) is 5.26 Å². The van der Waals surface area contributed by atoms with Gasteiger partial charge < -0.3 is 9.30 Å². The van der Waals surface area contributed by atoms with Crippen LogP contribution in [-0.2, 0) is 7.05 Å². The Morgan fingerprint density at radius 2 is 2.07 bits per heavy atom. The van der Waals surface area contributed by atoms with Gasteiger partial charge in [-0.1, -0.05) is 0 Å². The summed E-state index contributed by atoms with van der Waals surface area (Å²) in [5.74, 6) is -0.260. The van der Waals surface area contributed by atoms with Crippen LogP contribution in [-0.4, -0.2) is 26.2 Å². The van der Waals surface area contributed by atoms with Gasteiger partial charge in [-0.25, -0.2) is 14.4 Å². The lowest BCUT2D eigenvalue weighted by atomic mass is 10.1. The third kappa shape index (κ3) is 3.07. The lowest BCUT2D eigenvalue weighted by molar-refractivity contribution is 0.386. The normalized spacial score (nSPS) is 10.9. The van der Waals surface area contributed by atoms with E-state index in [0.29, 0.717) is 21.2 Å². The Bertz CT molecular complexity index is 1370. The van der Waals surface area contributed by atoms with Gasteiger partial charge in [0.25, 0.3) is 5.56 Å². The molecule has 0 spiro atoms. The number of hydrogen-bond acceptors (Lipinski definition) is 5. The van der Waals surface area contributed by atoms with E-state index in [2.05, 4.69) is 25.9 Å². The summed E-state index contributed by atoms with van der Waals surface area (Å²) in [6.45, 7) is 0. The second-order valence-corrected chi connectivity index (χ2v) is 7.10. The van der Waals surface area contributed by atoms with Crippen molar-refractivity contribution in [2.75, 3.05) is 7.11 Å². The highest BCUT2D eigenvalue weighted by Gasteiger charge is 2.19. The fourth-order valence-corrected chi connectivity index (χ4v) is 3.64. The first-order valence-electron chi connectivity index (χ1n) is 8.41. The van der Waals surface area contributed by atoms with Crippen molar-refractivity contribution in [2.24, 2.45) is 7.05 Å². The highest BCUT2D eigenvalue weighted by atomic mass is 79.9. The zero-order valence-electron chi connectivity index (χ0n) is 15.3. The van der Waals surface area contributed by atoms with Gasteiger partial charge in [0.2, 0.25) is 0 Å². The van der Waals surface area contributed by atoms with E-state index in [4.69, 9.17) is 4.74 Å². The smallest absolute Gasteiger partial charge is 0.266 e. The van der Waals surface area contributed by atoms with Gasteiger partial charge in [0.15, 0.2) is 17.4 Å². The predicted octanol–water partition coefficient (Wildman–Crippen LogP) is 3.57. The number of benzene rings is 2. The number of methoxy groups -OCH3 is 1. The molecule has 0 bridgehead atoms. The van der Waals surface area contributed by atoms with Crippen molar-refractivity contribution in [1.29, 1.82) is 5.26 Å². The minimum atomic E-state index is -0.611. The van der Waals surface area contributed by atoms with Crippen molar-refractivity contribution in [2.45, 2.75) is 0 Å². The van der Waals surface area contributed by atoms with Crippen LogP contribution >= 0.6 is 15.9 Å². The number of hydrogen-bond donors (Lipinski definition) is 0. The molecule has 0 aliphatic carbocycles. The van der Waals surface area contributed by atoms with Crippen LogP contribution in [0.5, 0.6) is 5.75 Å². The summed E-state index contributed by atoms with van der Waals surface area (Å²) in [6, 6.07) is 9.31. The number of aromatic nitrogens is 4. The molecule has 9 heteroatoms.